The molecule has 4 heteroatoms. The SMILES string of the molecule is Cn1cnc2nccnc21. The van der Waals surface area contributed by atoms with Gasteiger partial charge in [-0.05, 0) is 0 Å². The van der Waals surface area contributed by atoms with E-state index in [0.717, 1.165) is 5.65 Å². The van der Waals surface area contributed by atoms with Crippen molar-refractivity contribution in [3.63, 3.8) is 0 Å². The molecule has 0 amide bonds. The van der Waals surface area contributed by atoms with Gasteiger partial charge in [0.15, 0.2) is 11.3 Å². The van der Waals surface area contributed by atoms with Gasteiger partial charge in [0.2, 0.25) is 0 Å². The molecule has 0 bridgehead atoms. The quantitative estimate of drug-likeness (QED) is 0.522. The molecule has 4 nitrogen and oxygen atoms in total. The Morgan fingerprint density at radius 1 is 1.20 bits per heavy atom. The van der Waals surface area contributed by atoms with Gasteiger partial charge in [0.05, 0.1) is 6.33 Å². The van der Waals surface area contributed by atoms with Crippen molar-refractivity contribution in [1.29, 1.82) is 0 Å². The predicted octanol–water partition coefficient (Wildman–Crippen LogP) is 0.363. The Bertz CT molecular complexity index is 351. The van der Waals surface area contributed by atoms with Crippen LogP contribution in [0.3, 0.4) is 0 Å². The maximum atomic E-state index is 4.08. The van der Waals surface area contributed by atoms with Crippen LogP contribution in [0.5, 0.6) is 0 Å². The van der Waals surface area contributed by atoms with Gasteiger partial charge in [-0.25, -0.2) is 15.0 Å². The van der Waals surface area contributed by atoms with Crippen LogP contribution in [-0.2, 0) is 7.05 Å². The Kier molecular flexibility index (Phi) is 0.943. The zero-order valence-electron chi connectivity index (χ0n) is 5.52. The minimum Gasteiger partial charge on any atom is -0.317 e. The second-order valence-electron chi connectivity index (χ2n) is 2.06. The number of hydrogen-bond acceptors (Lipinski definition) is 3. The molecule has 0 N–H and O–H groups in total. The molecule has 2 aromatic rings. The highest BCUT2D eigenvalue weighted by molar-refractivity contribution is 5.64. The first kappa shape index (κ1) is 5.34. The van der Waals surface area contributed by atoms with Gasteiger partial charge in [-0.1, -0.05) is 0 Å². The summed E-state index contributed by atoms with van der Waals surface area (Å²) in [5, 5.41) is 0. The number of nitrogens with zero attached hydrogens (tertiary/aromatic N) is 4. The summed E-state index contributed by atoms with van der Waals surface area (Å²) in [6.45, 7) is 0. The predicted molar refractivity (Wildman–Crippen MR) is 36.3 cm³/mol. The van der Waals surface area contributed by atoms with Gasteiger partial charge in [0, 0.05) is 19.4 Å². The van der Waals surface area contributed by atoms with E-state index >= 15 is 0 Å². The van der Waals surface area contributed by atoms with Crippen molar-refractivity contribution in [2.45, 2.75) is 0 Å². The summed E-state index contributed by atoms with van der Waals surface area (Å²) in [7, 11) is 1.89. The fourth-order valence-electron chi connectivity index (χ4n) is 0.859. The van der Waals surface area contributed by atoms with Crippen LogP contribution >= 0.6 is 0 Å². The number of aromatic nitrogens is 4. The van der Waals surface area contributed by atoms with Crippen LogP contribution in [0, 0.1) is 0 Å². The number of rotatable bonds is 0. The van der Waals surface area contributed by atoms with Crippen LogP contribution in [0.1, 0.15) is 0 Å². The number of imidazole rings is 1. The molecule has 0 spiro atoms. The minimum atomic E-state index is 0.699. The van der Waals surface area contributed by atoms with Crippen molar-refractivity contribution < 1.29 is 0 Å². The van der Waals surface area contributed by atoms with E-state index in [2.05, 4.69) is 15.0 Å². The minimum absolute atomic E-state index is 0.699. The van der Waals surface area contributed by atoms with Crippen LogP contribution in [0.4, 0.5) is 0 Å². The van der Waals surface area contributed by atoms with Gasteiger partial charge >= 0.3 is 0 Å². The first-order valence-corrected chi connectivity index (χ1v) is 2.96. The van der Waals surface area contributed by atoms with Crippen molar-refractivity contribution in [2.75, 3.05) is 0 Å². The normalized spacial score (nSPS) is 10.5. The number of hydrogen-bond donors (Lipinski definition) is 0. The zero-order chi connectivity index (χ0) is 6.97. The first-order valence-electron chi connectivity index (χ1n) is 2.96. The third-order valence-corrected chi connectivity index (χ3v) is 1.35. The van der Waals surface area contributed by atoms with Gasteiger partial charge in [-0.15, -0.1) is 0 Å². The van der Waals surface area contributed by atoms with Crippen molar-refractivity contribution in [3.8, 4) is 0 Å². The van der Waals surface area contributed by atoms with Gasteiger partial charge in [0.1, 0.15) is 0 Å². The van der Waals surface area contributed by atoms with E-state index in [0.29, 0.717) is 5.65 Å². The lowest BCUT2D eigenvalue weighted by Gasteiger charge is -1.88. The van der Waals surface area contributed by atoms with Crippen LogP contribution in [0.15, 0.2) is 18.7 Å². The smallest absolute Gasteiger partial charge is 0.197 e. The van der Waals surface area contributed by atoms with Crippen LogP contribution in [0.2, 0.25) is 0 Å². The molecule has 0 saturated carbocycles. The lowest BCUT2D eigenvalue weighted by molar-refractivity contribution is 0.930. The summed E-state index contributed by atoms with van der Waals surface area (Å²) >= 11 is 0. The molecule has 0 saturated heterocycles. The molecule has 50 valence electrons. The summed E-state index contributed by atoms with van der Waals surface area (Å²) in [6, 6.07) is 0. The number of aryl methyl sites for hydroxylation is 1. The van der Waals surface area contributed by atoms with Crippen LogP contribution in [-0.4, -0.2) is 19.5 Å². The van der Waals surface area contributed by atoms with Crippen molar-refractivity contribution in [3.05, 3.63) is 18.7 Å². The Balaban J connectivity index is 2.93. The molecule has 2 heterocycles. The summed E-state index contributed by atoms with van der Waals surface area (Å²) in [6.07, 6.45) is 4.99. The lowest BCUT2D eigenvalue weighted by atomic mass is 10.7. The average Bonchev–Trinajstić information content (AvgIpc) is 2.34. The Morgan fingerprint density at radius 2 is 2.00 bits per heavy atom. The Morgan fingerprint density at radius 3 is 2.80 bits per heavy atom. The van der Waals surface area contributed by atoms with Crippen LogP contribution in [0.25, 0.3) is 11.3 Å². The van der Waals surface area contributed by atoms with E-state index < -0.39 is 0 Å². The zero-order valence-corrected chi connectivity index (χ0v) is 5.52. The Labute approximate surface area is 57.6 Å². The van der Waals surface area contributed by atoms with E-state index in [-0.39, 0.29) is 0 Å². The molecule has 0 atom stereocenters. The highest BCUT2D eigenvalue weighted by Gasteiger charge is 1.97. The van der Waals surface area contributed by atoms with Gasteiger partial charge < -0.3 is 4.57 Å². The molecule has 0 aliphatic carbocycles. The summed E-state index contributed by atoms with van der Waals surface area (Å²) < 4.78 is 1.84. The standard InChI is InChI=1S/C6H6N4/c1-10-4-9-5-6(10)8-3-2-7-5/h2-4H,1H3. The van der Waals surface area contributed by atoms with Crippen molar-refractivity contribution >= 4 is 11.3 Å². The molecule has 0 aromatic carbocycles. The van der Waals surface area contributed by atoms with Gasteiger partial charge in [-0.3, -0.25) is 0 Å². The van der Waals surface area contributed by atoms with E-state index in [1.54, 1.807) is 18.7 Å². The molecule has 0 aliphatic rings. The third kappa shape index (κ3) is 0.586. The van der Waals surface area contributed by atoms with E-state index in [1.807, 2.05) is 11.6 Å². The highest BCUT2D eigenvalue weighted by Crippen LogP contribution is 2.01. The molecule has 0 radical (unpaired) electrons. The molecule has 0 aliphatic heterocycles. The maximum absolute atomic E-state index is 4.08. The second kappa shape index (κ2) is 1.76. The number of fused-ring (bicyclic) bond motifs is 1. The van der Waals surface area contributed by atoms with E-state index in [4.69, 9.17) is 0 Å². The summed E-state index contributed by atoms with van der Waals surface area (Å²) in [4.78, 5) is 12.1. The Hall–Kier alpha value is -1.45. The van der Waals surface area contributed by atoms with Crippen LogP contribution < -0.4 is 0 Å². The topological polar surface area (TPSA) is 43.6 Å². The van der Waals surface area contributed by atoms with Gasteiger partial charge in [0.25, 0.3) is 0 Å². The maximum Gasteiger partial charge on any atom is 0.197 e. The van der Waals surface area contributed by atoms with Crippen molar-refractivity contribution in [1.82, 2.24) is 19.5 Å². The first-order chi connectivity index (χ1) is 4.88. The molecule has 2 aromatic heterocycles. The molecular formula is C6H6N4. The summed E-state index contributed by atoms with van der Waals surface area (Å²) in [5.74, 6) is 0. The monoisotopic (exact) mass is 134 g/mol. The average molecular weight is 134 g/mol. The lowest BCUT2D eigenvalue weighted by Crippen LogP contribution is -1.87. The molecular weight excluding hydrogens is 128 g/mol. The van der Waals surface area contributed by atoms with Crippen molar-refractivity contribution in [2.24, 2.45) is 7.05 Å². The highest BCUT2D eigenvalue weighted by atomic mass is 15.1. The fourth-order valence-corrected chi connectivity index (χ4v) is 0.859. The second-order valence-corrected chi connectivity index (χ2v) is 2.06. The fraction of sp³-hybridized carbons (Fsp3) is 0.167. The molecule has 2 rings (SSSR count). The largest absolute Gasteiger partial charge is 0.317 e. The van der Waals surface area contributed by atoms with E-state index in [9.17, 15) is 0 Å². The molecule has 10 heavy (non-hydrogen) atoms. The molecule has 0 unspecified atom stereocenters. The van der Waals surface area contributed by atoms with Gasteiger partial charge in [-0.2, -0.15) is 0 Å². The summed E-state index contributed by atoms with van der Waals surface area (Å²) in [5.41, 5.74) is 1.52. The third-order valence-electron chi connectivity index (χ3n) is 1.35. The molecule has 0 fully saturated rings. The van der Waals surface area contributed by atoms with E-state index in [1.165, 1.54) is 0 Å².